The molecule has 1 N–H and O–H groups in total. The largest absolute Gasteiger partial charge is 0.497 e. The molecule has 2 bridgehead atoms. The molecule has 0 aliphatic heterocycles. The van der Waals surface area contributed by atoms with Crippen LogP contribution in [0.5, 0.6) is 5.75 Å². The van der Waals surface area contributed by atoms with Crippen LogP contribution in [0.1, 0.15) is 84.1 Å². The summed E-state index contributed by atoms with van der Waals surface area (Å²) >= 11 is 0. The Morgan fingerprint density at radius 2 is 1.75 bits per heavy atom. The minimum absolute atomic E-state index is 0.0760. The number of hydrogen-bond donors (Lipinski definition) is 1. The van der Waals surface area contributed by atoms with Gasteiger partial charge in [0.15, 0.2) is 0 Å². The Labute approximate surface area is 192 Å². The number of amides is 1. The minimum atomic E-state index is -0.329. The summed E-state index contributed by atoms with van der Waals surface area (Å²) in [5, 5.41) is 3.28. The maximum absolute atomic E-state index is 13.6. The van der Waals surface area contributed by atoms with E-state index in [2.05, 4.69) is 26.1 Å². The van der Waals surface area contributed by atoms with Gasteiger partial charge in [0.1, 0.15) is 11.5 Å². The molecule has 0 heterocycles. The lowest BCUT2D eigenvalue weighted by molar-refractivity contribution is -0.170. The number of ketones is 1. The molecule has 4 aliphatic carbocycles. The van der Waals surface area contributed by atoms with E-state index in [1.807, 2.05) is 24.3 Å². The number of hydrogen-bond acceptors (Lipinski definition) is 3. The summed E-state index contributed by atoms with van der Waals surface area (Å²) in [5.74, 6) is 2.54. The van der Waals surface area contributed by atoms with Gasteiger partial charge in [-0.15, -0.1) is 0 Å². The Hall–Kier alpha value is -1.84. The van der Waals surface area contributed by atoms with Crippen LogP contribution >= 0.6 is 0 Å². The van der Waals surface area contributed by atoms with Gasteiger partial charge in [-0.1, -0.05) is 39.3 Å². The van der Waals surface area contributed by atoms with E-state index in [4.69, 9.17) is 4.74 Å². The molecule has 174 valence electrons. The normalized spacial score (nSPS) is 42.7. The third-order valence-corrected chi connectivity index (χ3v) is 10.5. The number of methoxy groups -OCH3 is 1. The van der Waals surface area contributed by atoms with Gasteiger partial charge >= 0.3 is 0 Å². The first kappa shape index (κ1) is 22.0. The lowest BCUT2D eigenvalue weighted by Gasteiger charge is -2.64. The first-order valence-electron chi connectivity index (χ1n) is 12.6. The number of rotatable bonds is 4. The number of Topliss-reactive ketones (excluding diaryl/α,β-unsaturated/α-hetero) is 1. The van der Waals surface area contributed by atoms with Gasteiger partial charge < -0.3 is 10.1 Å². The van der Waals surface area contributed by atoms with Gasteiger partial charge in [0.2, 0.25) is 5.91 Å². The van der Waals surface area contributed by atoms with Crippen LogP contribution in [0, 0.1) is 33.5 Å². The number of benzene rings is 1. The summed E-state index contributed by atoms with van der Waals surface area (Å²) in [6.45, 7) is 7.47. The number of ether oxygens (including phenoxy) is 1. The fraction of sp³-hybridized carbons (Fsp3) is 0.714. The van der Waals surface area contributed by atoms with Crippen molar-refractivity contribution in [3.63, 3.8) is 0 Å². The van der Waals surface area contributed by atoms with Crippen molar-refractivity contribution in [3.05, 3.63) is 29.8 Å². The van der Waals surface area contributed by atoms with Crippen molar-refractivity contribution in [2.45, 2.75) is 85.1 Å². The molecular weight excluding hydrogens is 398 g/mol. The first-order valence-corrected chi connectivity index (χ1v) is 12.6. The van der Waals surface area contributed by atoms with E-state index in [1.165, 1.54) is 12.8 Å². The Morgan fingerprint density at radius 3 is 2.47 bits per heavy atom. The fourth-order valence-corrected chi connectivity index (χ4v) is 8.90. The predicted octanol–water partition coefficient (Wildman–Crippen LogP) is 5.68. The van der Waals surface area contributed by atoms with Crippen molar-refractivity contribution >= 4 is 11.7 Å². The van der Waals surface area contributed by atoms with E-state index in [9.17, 15) is 9.59 Å². The van der Waals surface area contributed by atoms with Gasteiger partial charge in [-0.3, -0.25) is 9.59 Å². The number of carbonyl (C=O) groups is 2. The molecule has 4 heteroatoms. The molecule has 1 amide bonds. The molecule has 4 fully saturated rings. The zero-order chi connectivity index (χ0) is 22.8. The van der Waals surface area contributed by atoms with E-state index in [-0.39, 0.29) is 27.6 Å². The molecule has 2 unspecified atom stereocenters. The molecule has 32 heavy (non-hydrogen) atoms. The average Bonchev–Trinajstić information content (AvgIpc) is 2.95. The molecule has 6 atom stereocenters. The summed E-state index contributed by atoms with van der Waals surface area (Å²) in [5.41, 5.74) is 1.06. The van der Waals surface area contributed by atoms with Crippen LogP contribution in [0.3, 0.4) is 0 Å². The van der Waals surface area contributed by atoms with Crippen molar-refractivity contribution in [2.75, 3.05) is 7.11 Å². The molecule has 1 aromatic carbocycles. The van der Waals surface area contributed by atoms with Gasteiger partial charge in [-0.05, 0) is 85.3 Å². The maximum atomic E-state index is 13.6. The number of carbonyl (C=O) groups excluding carboxylic acids is 2. The molecule has 4 saturated carbocycles. The van der Waals surface area contributed by atoms with Crippen LogP contribution in [0.4, 0.5) is 0 Å². The maximum Gasteiger partial charge on any atom is 0.226 e. The van der Waals surface area contributed by atoms with Crippen molar-refractivity contribution in [3.8, 4) is 5.75 Å². The van der Waals surface area contributed by atoms with Crippen molar-refractivity contribution in [1.82, 2.24) is 5.32 Å². The van der Waals surface area contributed by atoms with Crippen LogP contribution in [0.15, 0.2) is 24.3 Å². The number of nitrogens with one attached hydrogen (secondary N) is 1. The Kier molecular flexibility index (Phi) is 5.04. The molecule has 5 rings (SSSR count). The summed E-state index contributed by atoms with van der Waals surface area (Å²) in [7, 11) is 1.67. The van der Waals surface area contributed by atoms with Gasteiger partial charge in [-0.25, -0.2) is 0 Å². The second kappa shape index (κ2) is 7.33. The summed E-state index contributed by atoms with van der Waals surface area (Å²) in [6, 6.07) is 7.93. The second-order valence-electron chi connectivity index (χ2n) is 12.2. The molecular formula is C28H39NO3. The van der Waals surface area contributed by atoms with Gasteiger partial charge in [0.25, 0.3) is 0 Å². The standard InChI is InChI=1S/C28H39NO3/c1-25-14-10-22-26(2)12-5-13-27(3,21(26)11-15-28(22,18-25)16-23(25)30)24(31)29-17-19-6-8-20(32-4)9-7-19/h6-9,21-22H,5,10-18H2,1-4H3,(H,29,31)/t21?,22?,25-,26+,27+,28-/m0/s1. The minimum Gasteiger partial charge on any atom is -0.497 e. The topological polar surface area (TPSA) is 55.4 Å². The lowest BCUT2D eigenvalue weighted by Crippen LogP contribution is -2.60. The second-order valence-corrected chi connectivity index (χ2v) is 12.2. The highest BCUT2D eigenvalue weighted by atomic mass is 16.5. The van der Waals surface area contributed by atoms with Gasteiger partial charge in [0, 0.05) is 23.8 Å². The van der Waals surface area contributed by atoms with Crippen molar-refractivity contribution < 1.29 is 14.3 Å². The summed E-state index contributed by atoms with van der Waals surface area (Å²) in [4.78, 5) is 26.6. The van der Waals surface area contributed by atoms with Crippen LogP contribution < -0.4 is 10.1 Å². The SMILES string of the molecule is COc1ccc(CNC(=O)[C@]2(C)CCC[C@@]3(C)C4CC[C@@]5(C)C[C@]4(CCC32)CC5=O)cc1. The van der Waals surface area contributed by atoms with Crippen LogP contribution in [-0.2, 0) is 16.1 Å². The van der Waals surface area contributed by atoms with E-state index in [1.54, 1.807) is 7.11 Å². The zero-order valence-electron chi connectivity index (χ0n) is 20.3. The quantitative estimate of drug-likeness (QED) is 0.659. The van der Waals surface area contributed by atoms with Crippen LogP contribution in [-0.4, -0.2) is 18.8 Å². The molecule has 0 aromatic heterocycles. The van der Waals surface area contributed by atoms with Crippen LogP contribution in [0.25, 0.3) is 0 Å². The molecule has 1 spiro atoms. The van der Waals surface area contributed by atoms with Crippen molar-refractivity contribution in [2.24, 2.45) is 33.5 Å². The van der Waals surface area contributed by atoms with E-state index < -0.39 is 0 Å². The zero-order valence-corrected chi connectivity index (χ0v) is 20.3. The summed E-state index contributed by atoms with van der Waals surface area (Å²) < 4.78 is 5.24. The average molecular weight is 438 g/mol. The Morgan fingerprint density at radius 1 is 1.03 bits per heavy atom. The van der Waals surface area contributed by atoms with Crippen molar-refractivity contribution in [1.29, 1.82) is 0 Å². The molecule has 1 aromatic rings. The fourth-order valence-electron chi connectivity index (χ4n) is 8.90. The van der Waals surface area contributed by atoms with E-state index in [0.717, 1.165) is 56.3 Å². The smallest absolute Gasteiger partial charge is 0.226 e. The van der Waals surface area contributed by atoms with Crippen LogP contribution in [0.2, 0.25) is 0 Å². The Balaban J connectivity index is 1.36. The monoisotopic (exact) mass is 437 g/mol. The summed E-state index contributed by atoms with van der Waals surface area (Å²) in [6.07, 6.45) is 9.58. The lowest BCUT2D eigenvalue weighted by atomic mass is 9.40. The van der Waals surface area contributed by atoms with E-state index >= 15 is 0 Å². The molecule has 4 nitrogen and oxygen atoms in total. The third kappa shape index (κ3) is 3.08. The Bertz CT molecular complexity index is 925. The van der Waals surface area contributed by atoms with Gasteiger partial charge in [-0.2, -0.15) is 0 Å². The molecule has 4 aliphatic rings. The highest BCUT2D eigenvalue weighted by Gasteiger charge is 2.67. The number of fused-ring (bicyclic) bond motifs is 3. The van der Waals surface area contributed by atoms with E-state index in [0.29, 0.717) is 24.2 Å². The molecule has 0 saturated heterocycles. The highest BCUT2D eigenvalue weighted by Crippen LogP contribution is 2.72. The predicted molar refractivity (Wildman–Crippen MR) is 125 cm³/mol. The molecule has 0 radical (unpaired) electrons. The van der Waals surface area contributed by atoms with Gasteiger partial charge in [0.05, 0.1) is 7.11 Å². The third-order valence-electron chi connectivity index (χ3n) is 10.5. The first-order chi connectivity index (χ1) is 15.2. The highest BCUT2D eigenvalue weighted by molar-refractivity contribution is 5.88.